The van der Waals surface area contributed by atoms with Crippen LogP contribution in [0, 0.1) is 6.92 Å². The maximum absolute atomic E-state index is 9.73. The first kappa shape index (κ1) is 17.2. The summed E-state index contributed by atoms with van der Waals surface area (Å²) in [7, 11) is 0. The van der Waals surface area contributed by atoms with Gasteiger partial charge < -0.3 is 25.7 Å². The number of aliphatic carboxylic acids is 1. The largest absolute Gasteiger partial charge is 0.504 e. The summed E-state index contributed by atoms with van der Waals surface area (Å²) < 4.78 is 0. The van der Waals surface area contributed by atoms with Gasteiger partial charge in [-0.05, 0) is 17.7 Å². The van der Waals surface area contributed by atoms with E-state index in [9.17, 15) is 10.2 Å². The van der Waals surface area contributed by atoms with E-state index in [1.165, 1.54) is 12.1 Å². The summed E-state index contributed by atoms with van der Waals surface area (Å²) in [6.45, 7) is 6.95. The van der Waals surface area contributed by atoms with Crippen LogP contribution in [0.4, 0.5) is 0 Å². The zero-order chi connectivity index (χ0) is 15.0. The fourth-order valence-corrected chi connectivity index (χ4v) is 1.21. The van der Waals surface area contributed by atoms with E-state index in [0.29, 0.717) is 18.2 Å². The first-order chi connectivity index (χ1) is 8.73. The molecule has 5 N–H and O–H groups in total. The predicted molar refractivity (Wildman–Crippen MR) is 70.9 cm³/mol. The Labute approximate surface area is 112 Å². The molecule has 6 nitrogen and oxygen atoms in total. The molecule has 107 valence electrons. The van der Waals surface area contributed by atoms with Crippen LogP contribution in [0.3, 0.4) is 0 Å². The number of aliphatic hydroxyl groups excluding tert-OH is 1. The highest BCUT2D eigenvalue weighted by atomic mass is 16.4. The fraction of sp³-hybridized carbons (Fsp3) is 0.385. The van der Waals surface area contributed by atoms with Crippen molar-refractivity contribution in [2.75, 3.05) is 6.54 Å². The van der Waals surface area contributed by atoms with E-state index in [0.717, 1.165) is 0 Å². The molecule has 0 bridgehead atoms. The fourth-order valence-electron chi connectivity index (χ4n) is 1.21. The van der Waals surface area contributed by atoms with Crippen molar-refractivity contribution in [2.45, 2.75) is 26.0 Å². The lowest BCUT2D eigenvalue weighted by molar-refractivity contribution is -0.131. The smallest absolute Gasteiger partial charge is 0.303 e. The van der Waals surface area contributed by atoms with Gasteiger partial charge >= 0.3 is 5.97 Å². The monoisotopic (exact) mass is 270 g/mol. The van der Waals surface area contributed by atoms with Crippen LogP contribution in [-0.4, -0.2) is 39.0 Å². The van der Waals surface area contributed by atoms with Gasteiger partial charge in [-0.15, -0.1) is 0 Å². The van der Waals surface area contributed by atoms with E-state index in [-0.39, 0.29) is 11.5 Å². The van der Waals surface area contributed by atoms with Crippen molar-refractivity contribution in [1.82, 2.24) is 5.32 Å². The number of carboxylic acids is 1. The van der Waals surface area contributed by atoms with E-state index in [2.05, 4.69) is 12.2 Å². The van der Waals surface area contributed by atoms with Gasteiger partial charge in [-0.25, -0.2) is 0 Å². The van der Waals surface area contributed by atoms with E-state index in [1.54, 1.807) is 6.07 Å². The van der Waals surface area contributed by atoms with Crippen molar-refractivity contribution in [1.29, 1.82) is 0 Å². The average Bonchev–Trinajstić information content (AvgIpc) is 2.28. The van der Waals surface area contributed by atoms with Crippen LogP contribution in [0.15, 0.2) is 18.2 Å². The second kappa shape index (κ2) is 8.34. The number of benzene rings is 1. The number of phenolic OH excluding ortho intramolecular Hbond substituents is 2. The Morgan fingerprint density at radius 2 is 1.84 bits per heavy atom. The Balaban J connectivity index is 0.000000711. The number of phenols is 2. The van der Waals surface area contributed by atoms with Gasteiger partial charge in [0.2, 0.25) is 0 Å². The summed E-state index contributed by atoms with van der Waals surface area (Å²) in [5.41, 5.74) is 0.582. The molecule has 1 rings (SSSR count). The highest BCUT2D eigenvalue weighted by Gasteiger charge is 2.10. The lowest BCUT2D eigenvalue weighted by Gasteiger charge is -2.14. The molecular formula is C13H20NO5. The van der Waals surface area contributed by atoms with Gasteiger partial charge in [-0.2, -0.15) is 0 Å². The van der Waals surface area contributed by atoms with Crippen LogP contribution in [-0.2, 0) is 4.79 Å². The molecule has 0 aliphatic rings. The Bertz CT molecular complexity index is 402. The van der Waals surface area contributed by atoms with Crippen molar-refractivity contribution in [3.63, 3.8) is 0 Å². The first-order valence-electron chi connectivity index (χ1n) is 5.72. The molecule has 0 saturated heterocycles. The Morgan fingerprint density at radius 1 is 1.32 bits per heavy atom. The average molecular weight is 270 g/mol. The maximum Gasteiger partial charge on any atom is 0.303 e. The number of hydrogen-bond donors (Lipinski definition) is 5. The predicted octanol–water partition coefficient (Wildman–Crippen LogP) is 1.03. The summed E-state index contributed by atoms with van der Waals surface area (Å²) in [6.07, 6.45) is -0.682. The standard InChI is InChI=1S/C11H17NO3.C2H3O2/c1-7(2)12-6-11(15)8-3-4-9(13)10(14)5-8;1-2(3)4/h3-5,7,11-15H,6H2,1-2H3;1H2,(H,3,4)/t11-;/m1./s1. The molecule has 0 saturated carbocycles. The molecule has 0 aliphatic carbocycles. The van der Waals surface area contributed by atoms with Gasteiger partial charge in [0.25, 0.3) is 0 Å². The summed E-state index contributed by atoms with van der Waals surface area (Å²) in [6, 6.07) is 4.61. The topological polar surface area (TPSA) is 110 Å². The van der Waals surface area contributed by atoms with Gasteiger partial charge in [0.15, 0.2) is 11.5 Å². The number of carbonyl (C=O) groups is 1. The summed E-state index contributed by atoms with van der Waals surface area (Å²) in [5.74, 6) is -1.47. The molecule has 0 fully saturated rings. The number of carboxylic acid groups (broad SMARTS) is 1. The molecule has 19 heavy (non-hydrogen) atoms. The van der Waals surface area contributed by atoms with Gasteiger partial charge in [0, 0.05) is 12.6 Å². The van der Waals surface area contributed by atoms with Gasteiger partial charge in [-0.3, -0.25) is 4.79 Å². The summed E-state index contributed by atoms with van der Waals surface area (Å²) in [4.78, 5) is 8.89. The van der Waals surface area contributed by atoms with E-state index >= 15 is 0 Å². The molecule has 0 unspecified atom stereocenters. The SMILES string of the molecule is CC(C)NC[C@@H](O)c1ccc(O)c(O)c1.[CH2]C(=O)O. The quantitative estimate of drug-likeness (QED) is 0.523. The Kier molecular flexibility index (Phi) is 7.55. The lowest BCUT2D eigenvalue weighted by atomic mass is 10.1. The number of aliphatic hydroxyl groups is 1. The summed E-state index contributed by atoms with van der Waals surface area (Å²) in [5, 5.41) is 38.5. The third-order valence-electron chi connectivity index (χ3n) is 2.10. The third-order valence-corrected chi connectivity index (χ3v) is 2.10. The van der Waals surface area contributed by atoms with Crippen LogP contribution >= 0.6 is 0 Å². The molecule has 1 radical (unpaired) electrons. The lowest BCUT2D eigenvalue weighted by Crippen LogP contribution is -2.27. The molecule has 0 aliphatic heterocycles. The first-order valence-corrected chi connectivity index (χ1v) is 5.72. The maximum atomic E-state index is 9.73. The molecule has 0 heterocycles. The van der Waals surface area contributed by atoms with Crippen LogP contribution in [0.1, 0.15) is 25.5 Å². The van der Waals surface area contributed by atoms with Crippen molar-refractivity contribution >= 4 is 5.97 Å². The zero-order valence-electron chi connectivity index (χ0n) is 11.0. The Hall–Kier alpha value is -1.79. The van der Waals surface area contributed by atoms with Crippen molar-refractivity contribution in [3.8, 4) is 11.5 Å². The van der Waals surface area contributed by atoms with E-state index in [4.69, 9.17) is 15.0 Å². The normalized spacial score (nSPS) is 11.6. The van der Waals surface area contributed by atoms with E-state index < -0.39 is 12.1 Å². The van der Waals surface area contributed by atoms with E-state index in [1.807, 2.05) is 13.8 Å². The molecule has 1 aromatic carbocycles. The van der Waals surface area contributed by atoms with Crippen LogP contribution in [0.2, 0.25) is 0 Å². The minimum Gasteiger partial charge on any atom is -0.504 e. The zero-order valence-corrected chi connectivity index (χ0v) is 11.0. The van der Waals surface area contributed by atoms with Gasteiger partial charge in [0.1, 0.15) is 0 Å². The summed E-state index contributed by atoms with van der Waals surface area (Å²) >= 11 is 0. The number of rotatable bonds is 4. The minimum absolute atomic E-state index is 0.178. The number of nitrogens with one attached hydrogen (secondary N) is 1. The highest BCUT2D eigenvalue weighted by Crippen LogP contribution is 2.27. The molecular weight excluding hydrogens is 250 g/mol. The molecule has 1 atom stereocenters. The third kappa shape index (κ3) is 8.01. The van der Waals surface area contributed by atoms with Crippen molar-refractivity contribution < 1.29 is 25.2 Å². The second-order valence-corrected chi connectivity index (χ2v) is 4.22. The molecule has 0 amide bonds. The molecule has 0 aromatic heterocycles. The van der Waals surface area contributed by atoms with Crippen molar-refractivity contribution in [3.05, 3.63) is 30.7 Å². The van der Waals surface area contributed by atoms with Gasteiger partial charge in [-0.1, -0.05) is 19.9 Å². The highest BCUT2D eigenvalue weighted by molar-refractivity contribution is 5.71. The van der Waals surface area contributed by atoms with Crippen LogP contribution in [0.25, 0.3) is 0 Å². The van der Waals surface area contributed by atoms with Gasteiger partial charge in [0.05, 0.1) is 13.0 Å². The number of hydrogen-bond acceptors (Lipinski definition) is 5. The minimum atomic E-state index is -1.08. The molecule has 6 heteroatoms. The molecule has 1 aromatic rings. The van der Waals surface area contributed by atoms with Crippen LogP contribution < -0.4 is 5.32 Å². The molecule has 0 spiro atoms. The van der Waals surface area contributed by atoms with Crippen molar-refractivity contribution in [2.24, 2.45) is 0 Å². The number of aromatic hydroxyl groups is 2. The Morgan fingerprint density at radius 3 is 2.26 bits per heavy atom. The second-order valence-electron chi connectivity index (χ2n) is 4.22. The van der Waals surface area contributed by atoms with Crippen LogP contribution in [0.5, 0.6) is 11.5 Å².